The summed E-state index contributed by atoms with van der Waals surface area (Å²) in [6, 6.07) is 91.0. The molecule has 0 saturated heterocycles. The van der Waals surface area contributed by atoms with Crippen LogP contribution in [0, 0.1) is 0 Å². The first kappa shape index (κ1) is 35.4. The van der Waals surface area contributed by atoms with Gasteiger partial charge in [-0.1, -0.05) is 206 Å². The quantitative estimate of drug-likeness (QED) is 0.149. The molecule has 11 rings (SSSR count). The molecule has 10 aromatic carbocycles. The van der Waals surface area contributed by atoms with E-state index in [0.29, 0.717) is 0 Å². The molecule has 0 unspecified atom stereocenters. The van der Waals surface area contributed by atoms with Gasteiger partial charge in [0.1, 0.15) is 0 Å². The summed E-state index contributed by atoms with van der Waals surface area (Å²) in [5.74, 6) is 0. The van der Waals surface area contributed by atoms with E-state index in [9.17, 15) is 0 Å². The molecule has 0 bridgehead atoms. The Hall–Kier alpha value is -7.74. The minimum atomic E-state index is -0.501. The Morgan fingerprint density at radius 2 is 0.750 bits per heavy atom. The molecule has 0 N–H and O–H groups in total. The lowest BCUT2D eigenvalue weighted by atomic mass is 9.68. The Balaban J connectivity index is 1.13. The molecular weight excluding hydrogens is 723 g/mol. The molecule has 0 radical (unpaired) electrons. The van der Waals surface area contributed by atoms with Crippen LogP contribution in [0.4, 0.5) is 17.1 Å². The lowest BCUT2D eigenvalue weighted by Gasteiger charge is -2.34. The Kier molecular flexibility index (Phi) is 8.79. The van der Waals surface area contributed by atoms with E-state index in [1.807, 2.05) is 0 Å². The van der Waals surface area contributed by atoms with Gasteiger partial charge in [-0.25, -0.2) is 0 Å². The fourth-order valence-electron chi connectivity index (χ4n) is 9.66. The fourth-order valence-corrected chi connectivity index (χ4v) is 9.66. The third kappa shape index (κ3) is 5.86. The number of nitrogens with zero attached hydrogens (tertiary/aromatic N) is 1. The SMILES string of the molecule is c1ccc(-c2cc(-c3ccccc3)cc(-c3ccc(N(c4cccc5c4-c4ccccc4C5(c4ccccc4)c4ccccc4)c4cccc5ccccc45)cc3)c2)cc1. The van der Waals surface area contributed by atoms with Crippen LogP contribution in [0.5, 0.6) is 0 Å². The second-order valence-electron chi connectivity index (χ2n) is 15.6. The summed E-state index contributed by atoms with van der Waals surface area (Å²) >= 11 is 0. The van der Waals surface area contributed by atoms with Crippen LogP contribution in [0.3, 0.4) is 0 Å². The summed E-state index contributed by atoms with van der Waals surface area (Å²) in [7, 11) is 0. The van der Waals surface area contributed by atoms with Crippen molar-refractivity contribution in [3.05, 3.63) is 271 Å². The smallest absolute Gasteiger partial charge is 0.0714 e. The molecule has 0 heterocycles. The maximum absolute atomic E-state index is 2.49. The minimum absolute atomic E-state index is 0.501. The molecule has 0 atom stereocenters. The zero-order chi connectivity index (χ0) is 39.9. The van der Waals surface area contributed by atoms with E-state index in [0.717, 1.165) is 17.1 Å². The fraction of sp³-hybridized carbons (Fsp3) is 0.0169. The van der Waals surface area contributed by atoms with Gasteiger partial charge in [-0.3, -0.25) is 0 Å². The molecule has 60 heavy (non-hydrogen) atoms. The lowest BCUT2D eigenvalue weighted by Crippen LogP contribution is -2.28. The maximum atomic E-state index is 2.49. The van der Waals surface area contributed by atoms with Gasteiger partial charge >= 0.3 is 0 Å². The highest BCUT2D eigenvalue weighted by atomic mass is 15.1. The molecule has 10 aromatic rings. The molecular formula is C59H41N. The second-order valence-corrected chi connectivity index (χ2v) is 15.6. The predicted molar refractivity (Wildman–Crippen MR) is 252 cm³/mol. The lowest BCUT2D eigenvalue weighted by molar-refractivity contribution is 0.768. The maximum Gasteiger partial charge on any atom is 0.0714 e. The summed E-state index contributed by atoms with van der Waals surface area (Å²) in [6.45, 7) is 0. The summed E-state index contributed by atoms with van der Waals surface area (Å²) < 4.78 is 0. The number of hydrogen-bond donors (Lipinski definition) is 0. The van der Waals surface area contributed by atoms with E-state index in [1.165, 1.54) is 77.5 Å². The first-order chi connectivity index (χ1) is 29.8. The molecule has 0 saturated carbocycles. The van der Waals surface area contributed by atoms with Crippen molar-refractivity contribution in [1.29, 1.82) is 0 Å². The average molecular weight is 764 g/mol. The molecule has 0 aromatic heterocycles. The van der Waals surface area contributed by atoms with Gasteiger partial charge in [0.2, 0.25) is 0 Å². The normalized spacial score (nSPS) is 12.5. The van der Waals surface area contributed by atoms with Gasteiger partial charge in [-0.2, -0.15) is 0 Å². The highest BCUT2D eigenvalue weighted by Gasteiger charge is 2.47. The summed E-state index contributed by atoms with van der Waals surface area (Å²) in [6.07, 6.45) is 0. The number of fused-ring (bicyclic) bond motifs is 4. The minimum Gasteiger partial charge on any atom is -0.309 e. The summed E-state index contributed by atoms with van der Waals surface area (Å²) in [5, 5.41) is 2.41. The molecule has 0 spiro atoms. The number of hydrogen-bond acceptors (Lipinski definition) is 1. The second kappa shape index (κ2) is 14.9. The van der Waals surface area contributed by atoms with Crippen LogP contribution < -0.4 is 4.90 Å². The van der Waals surface area contributed by atoms with E-state index in [1.54, 1.807) is 0 Å². The highest BCUT2D eigenvalue weighted by molar-refractivity contribution is 6.03. The molecule has 1 nitrogen and oxygen atoms in total. The van der Waals surface area contributed by atoms with Crippen molar-refractivity contribution in [2.24, 2.45) is 0 Å². The van der Waals surface area contributed by atoms with E-state index in [4.69, 9.17) is 0 Å². The van der Waals surface area contributed by atoms with E-state index in [2.05, 4.69) is 254 Å². The first-order valence-corrected chi connectivity index (χ1v) is 20.8. The molecule has 1 heteroatoms. The van der Waals surface area contributed by atoms with Crippen LogP contribution in [0.1, 0.15) is 22.3 Å². The van der Waals surface area contributed by atoms with Gasteiger partial charge in [-0.15, -0.1) is 0 Å². The van der Waals surface area contributed by atoms with Crippen molar-refractivity contribution in [2.45, 2.75) is 5.41 Å². The van der Waals surface area contributed by atoms with Gasteiger partial charge in [0.25, 0.3) is 0 Å². The Morgan fingerprint density at radius 3 is 1.37 bits per heavy atom. The van der Waals surface area contributed by atoms with Crippen molar-refractivity contribution in [3.63, 3.8) is 0 Å². The predicted octanol–water partition coefficient (Wildman–Crippen LogP) is 15.7. The van der Waals surface area contributed by atoms with Gasteiger partial charge < -0.3 is 4.90 Å². The largest absolute Gasteiger partial charge is 0.309 e. The van der Waals surface area contributed by atoms with Crippen LogP contribution >= 0.6 is 0 Å². The van der Waals surface area contributed by atoms with Crippen molar-refractivity contribution in [2.75, 3.05) is 4.90 Å². The average Bonchev–Trinajstić information content (AvgIpc) is 3.64. The molecule has 0 fully saturated rings. The number of anilines is 3. The molecule has 0 amide bonds. The standard InChI is InChI=1S/C59H41N/c1-5-19-42(20-6-1)46-39-47(43-21-7-2-8-22-43)41-48(40-46)44-35-37-51(38-36-44)60(56-33-17-24-45-23-13-14-29-52(45)56)57-34-18-32-55-58(57)53-30-15-16-31-54(53)59(55,49-25-9-3-10-26-49)50-27-11-4-12-28-50/h1-41H. The van der Waals surface area contributed by atoms with Crippen LogP contribution in [0.2, 0.25) is 0 Å². The third-order valence-corrected chi connectivity index (χ3v) is 12.3. The summed E-state index contributed by atoms with van der Waals surface area (Å²) in [5.41, 5.74) is 17.6. The van der Waals surface area contributed by atoms with Crippen LogP contribution in [-0.2, 0) is 5.41 Å². The monoisotopic (exact) mass is 763 g/mol. The van der Waals surface area contributed by atoms with Gasteiger partial charge in [0, 0.05) is 16.6 Å². The molecule has 0 aliphatic heterocycles. The van der Waals surface area contributed by atoms with Crippen LogP contribution in [0.25, 0.3) is 55.3 Å². The van der Waals surface area contributed by atoms with Crippen molar-refractivity contribution in [1.82, 2.24) is 0 Å². The molecule has 1 aliphatic carbocycles. The van der Waals surface area contributed by atoms with E-state index >= 15 is 0 Å². The zero-order valence-electron chi connectivity index (χ0n) is 33.1. The Labute approximate surface area is 352 Å². The van der Waals surface area contributed by atoms with E-state index in [-0.39, 0.29) is 0 Å². The summed E-state index contributed by atoms with van der Waals surface area (Å²) in [4.78, 5) is 2.49. The Morgan fingerprint density at radius 1 is 0.300 bits per heavy atom. The number of benzene rings is 10. The van der Waals surface area contributed by atoms with Crippen molar-refractivity contribution >= 4 is 27.8 Å². The zero-order valence-corrected chi connectivity index (χ0v) is 33.1. The first-order valence-electron chi connectivity index (χ1n) is 20.8. The molecule has 1 aliphatic rings. The topological polar surface area (TPSA) is 3.24 Å². The number of rotatable bonds is 8. The third-order valence-electron chi connectivity index (χ3n) is 12.3. The van der Waals surface area contributed by atoms with Gasteiger partial charge in [0.15, 0.2) is 0 Å². The highest BCUT2D eigenvalue weighted by Crippen LogP contribution is 2.59. The van der Waals surface area contributed by atoms with Crippen molar-refractivity contribution < 1.29 is 0 Å². The van der Waals surface area contributed by atoms with Crippen molar-refractivity contribution in [3.8, 4) is 44.5 Å². The Bertz CT molecular complexity index is 3010. The van der Waals surface area contributed by atoms with Gasteiger partial charge in [0.05, 0.1) is 16.8 Å². The van der Waals surface area contributed by atoms with Gasteiger partial charge in [-0.05, 0) is 109 Å². The van der Waals surface area contributed by atoms with E-state index < -0.39 is 5.41 Å². The van der Waals surface area contributed by atoms with Crippen LogP contribution in [-0.4, -0.2) is 0 Å². The molecule has 282 valence electrons. The van der Waals surface area contributed by atoms with Crippen LogP contribution in [0.15, 0.2) is 249 Å².